The Kier molecular flexibility index (Phi) is 5.95. The molecule has 0 radical (unpaired) electrons. The van der Waals surface area contributed by atoms with E-state index in [2.05, 4.69) is 0 Å². The molecule has 11 heteroatoms. The van der Waals surface area contributed by atoms with Gasteiger partial charge in [0.05, 0.1) is 15.3 Å². The molecule has 2 fully saturated rings. The lowest BCUT2D eigenvalue weighted by atomic mass is 9.89. The van der Waals surface area contributed by atoms with Crippen LogP contribution in [0.4, 0.5) is 10.7 Å². The predicted molar refractivity (Wildman–Crippen MR) is 120 cm³/mol. The molecule has 168 valence electrons. The number of amides is 2. The Morgan fingerprint density at radius 1 is 1.31 bits per heavy atom. The minimum absolute atomic E-state index is 0.00637. The molecule has 2 amide bonds. The number of fused-ring (bicyclic) bond motifs is 1. The van der Waals surface area contributed by atoms with Crippen LogP contribution in [0.5, 0.6) is 0 Å². The van der Waals surface area contributed by atoms with Gasteiger partial charge in [-0.2, -0.15) is 0 Å². The Morgan fingerprint density at radius 3 is 2.62 bits per heavy atom. The van der Waals surface area contributed by atoms with Crippen LogP contribution < -0.4 is 4.90 Å². The van der Waals surface area contributed by atoms with Gasteiger partial charge in [0.2, 0.25) is 11.8 Å². The van der Waals surface area contributed by atoms with E-state index in [1.54, 1.807) is 24.0 Å². The van der Waals surface area contributed by atoms with Crippen molar-refractivity contribution in [2.24, 2.45) is 5.41 Å². The maximum absolute atomic E-state index is 12.9. The van der Waals surface area contributed by atoms with Gasteiger partial charge in [-0.25, -0.2) is 0 Å². The lowest BCUT2D eigenvalue weighted by Gasteiger charge is -2.55. The van der Waals surface area contributed by atoms with Crippen LogP contribution in [0.25, 0.3) is 0 Å². The Morgan fingerprint density at radius 2 is 2.03 bits per heavy atom. The molecule has 9 nitrogen and oxygen atoms in total. The molecule has 2 aliphatic heterocycles. The Labute approximate surface area is 192 Å². The number of nitrogens with zero attached hydrogens (tertiary/aromatic N) is 3. The molecule has 2 unspecified atom stereocenters. The number of hydrogen-bond donors (Lipinski definition) is 0. The fourth-order valence-electron chi connectivity index (χ4n) is 3.84. The van der Waals surface area contributed by atoms with Crippen LogP contribution in [0, 0.1) is 15.5 Å². The summed E-state index contributed by atoms with van der Waals surface area (Å²) in [6.45, 7) is 3.42. The molecule has 1 aromatic carbocycles. The topological polar surface area (TPSA) is 110 Å². The van der Waals surface area contributed by atoms with Gasteiger partial charge in [-0.3, -0.25) is 29.4 Å². The largest absolute Gasteiger partial charge is 0.460 e. The number of benzene rings is 1. The molecule has 2 aromatic rings. The van der Waals surface area contributed by atoms with Crippen LogP contribution in [-0.4, -0.2) is 51.3 Å². The van der Waals surface area contributed by atoms with E-state index >= 15 is 0 Å². The van der Waals surface area contributed by atoms with Gasteiger partial charge in [0.1, 0.15) is 18.0 Å². The highest BCUT2D eigenvalue weighted by molar-refractivity contribution is 8.00. The van der Waals surface area contributed by atoms with Crippen LogP contribution in [0.15, 0.2) is 41.8 Å². The van der Waals surface area contributed by atoms with Crippen LogP contribution in [-0.2, 0) is 25.7 Å². The van der Waals surface area contributed by atoms with Gasteiger partial charge in [-0.1, -0.05) is 0 Å². The number of non-ortho nitro benzene ring substituents is 1. The maximum atomic E-state index is 12.9. The molecule has 2 aliphatic rings. The first-order valence-corrected chi connectivity index (χ1v) is 11.8. The molecule has 0 N–H and O–H groups in total. The van der Waals surface area contributed by atoms with Crippen LogP contribution in [0.1, 0.15) is 19.4 Å². The summed E-state index contributed by atoms with van der Waals surface area (Å²) in [4.78, 5) is 51.4. The zero-order valence-electron chi connectivity index (χ0n) is 17.4. The van der Waals surface area contributed by atoms with Crippen molar-refractivity contribution in [3.8, 4) is 0 Å². The van der Waals surface area contributed by atoms with E-state index in [0.29, 0.717) is 11.3 Å². The van der Waals surface area contributed by atoms with Crippen LogP contribution >= 0.6 is 23.1 Å². The number of carbonyl (C=O) groups is 3. The van der Waals surface area contributed by atoms with Gasteiger partial charge >= 0.3 is 5.97 Å². The average Bonchev–Trinajstić information content (AvgIpc) is 3.30. The molecule has 3 atom stereocenters. The molecule has 1 aromatic heterocycles. The summed E-state index contributed by atoms with van der Waals surface area (Å²) in [7, 11) is 0. The fraction of sp³-hybridized carbons (Fsp3) is 0.381. The quantitative estimate of drug-likeness (QED) is 0.273. The number of nitro benzene ring substituents is 1. The monoisotopic (exact) mass is 475 g/mol. The second kappa shape index (κ2) is 8.55. The minimum atomic E-state index is -0.882. The lowest BCUT2D eigenvalue weighted by molar-refractivity contribution is -0.384. The highest BCUT2D eigenvalue weighted by Gasteiger charge is 2.58. The predicted octanol–water partition coefficient (Wildman–Crippen LogP) is 3.04. The molecule has 2 saturated heterocycles. The molecular formula is C21H21N3O6S2. The summed E-state index contributed by atoms with van der Waals surface area (Å²) in [6.07, 6.45) is 0. The van der Waals surface area contributed by atoms with Crippen molar-refractivity contribution in [3.63, 3.8) is 0 Å². The zero-order chi connectivity index (χ0) is 23.0. The van der Waals surface area contributed by atoms with E-state index in [4.69, 9.17) is 4.74 Å². The first-order valence-electron chi connectivity index (χ1n) is 9.87. The number of nitro groups is 1. The third-order valence-corrected chi connectivity index (χ3v) is 8.10. The number of anilines is 1. The van der Waals surface area contributed by atoms with Gasteiger partial charge < -0.3 is 9.64 Å². The molecule has 3 heterocycles. The van der Waals surface area contributed by atoms with E-state index in [9.17, 15) is 24.5 Å². The molecule has 0 aliphatic carbocycles. The second-order valence-electron chi connectivity index (χ2n) is 8.01. The molecule has 4 rings (SSSR count). The van der Waals surface area contributed by atoms with E-state index in [1.807, 2.05) is 17.5 Å². The number of thioether (sulfide) groups is 1. The fourth-order valence-corrected chi connectivity index (χ4v) is 6.17. The summed E-state index contributed by atoms with van der Waals surface area (Å²) in [5, 5.41) is 13.1. The average molecular weight is 476 g/mol. The van der Waals surface area contributed by atoms with Gasteiger partial charge in [-0.15, -0.1) is 23.1 Å². The molecule has 0 bridgehead atoms. The SMILES string of the molecule is CC(=O)N(c1cccs1)C1C(=O)N2CC(C)(C(=O)OCc3ccc([N+](=O)[O-])cc3)CS[C@H]12. The molecular weight excluding hydrogens is 454 g/mol. The van der Waals surface area contributed by atoms with Crippen molar-refractivity contribution < 1.29 is 24.0 Å². The summed E-state index contributed by atoms with van der Waals surface area (Å²) >= 11 is 2.87. The number of β-lactam (4-membered cyclic amide) rings is 1. The zero-order valence-corrected chi connectivity index (χ0v) is 19.1. The number of esters is 1. The van der Waals surface area contributed by atoms with Crippen LogP contribution in [0.2, 0.25) is 0 Å². The third kappa shape index (κ3) is 3.97. The van der Waals surface area contributed by atoms with E-state index in [-0.39, 0.29) is 36.0 Å². The Balaban J connectivity index is 1.39. The molecule has 32 heavy (non-hydrogen) atoms. The van der Waals surface area contributed by atoms with Crippen molar-refractivity contribution in [2.45, 2.75) is 31.9 Å². The number of rotatable bonds is 6. The maximum Gasteiger partial charge on any atom is 0.314 e. The second-order valence-corrected chi connectivity index (χ2v) is 10.0. The summed E-state index contributed by atoms with van der Waals surface area (Å²) in [5.74, 6) is -0.352. The highest BCUT2D eigenvalue weighted by atomic mass is 32.2. The first kappa shape index (κ1) is 22.3. The molecule has 0 saturated carbocycles. The Bertz CT molecular complexity index is 1060. The van der Waals surface area contributed by atoms with Gasteiger partial charge in [0, 0.05) is 31.4 Å². The van der Waals surface area contributed by atoms with Crippen LogP contribution in [0.3, 0.4) is 0 Å². The van der Waals surface area contributed by atoms with Gasteiger partial charge in [0.25, 0.3) is 5.69 Å². The number of hydrogen-bond acceptors (Lipinski definition) is 8. The lowest BCUT2D eigenvalue weighted by Crippen LogP contribution is -2.74. The number of carbonyl (C=O) groups excluding carboxylic acids is 3. The summed E-state index contributed by atoms with van der Waals surface area (Å²) < 4.78 is 5.46. The van der Waals surface area contributed by atoms with E-state index in [1.165, 1.54) is 47.1 Å². The van der Waals surface area contributed by atoms with E-state index in [0.717, 1.165) is 5.00 Å². The highest BCUT2D eigenvalue weighted by Crippen LogP contribution is 2.45. The normalized spacial score (nSPS) is 24.3. The number of thiophene rings is 1. The van der Waals surface area contributed by atoms with Crippen molar-refractivity contribution in [1.82, 2.24) is 4.90 Å². The van der Waals surface area contributed by atoms with Crippen molar-refractivity contribution in [1.29, 1.82) is 0 Å². The van der Waals surface area contributed by atoms with Gasteiger partial charge in [0.15, 0.2) is 0 Å². The standard InChI is InChI=1S/C21H21N3O6S2/c1-13(25)23(16-4-3-9-31-16)17-18(26)22-11-21(2,12-32-19(17)22)20(27)30-10-14-5-7-15(8-6-14)24(28)29/h3-9,17,19H,10-12H2,1-2H3/t17?,19-,21?/m1/s1. The van der Waals surface area contributed by atoms with Crippen molar-refractivity contribution >= 4 is 51.6 Å². The third-order valence-electron chi connectivity index (χ3n) is 5.58. The molecule has 0 spiro atoms. The van der Waals surface area contributed by atoms with E-state index < -0.39 is 22.3 Å². The number of ether oxygens (including phenoxy) is 1. The van der Waals surface area contributed by atoms with Gasteiger partial charge in [-0.05, 0) is 42.1 Å². The first-order chi connectivity index (χ1) is 15.2. The summed E-state index contributed by atoms with van der Waals surface area (Å²) in [6, 6.07) is 8.89. The van der Waals surface area contributed by atoms with Crippen molar-refractivity contribution in [2.75, 3.05) is 17.2 Å². The van der Waals surface area contributed by atoms with Crippen molar-refractivity contribution in [3.05, 3.63) is 57.5 Å². The summed E-state index contributed by atoms with van der Waals surface area (Å²) in [5.41, 5.74) is -0.274. The smallest absolute Gasteiger partial charge is 0.314 e. The Hall–Kier alpha value is -2.92. The minimum Gasteiger partial charge on any atom is -0.460 e.